The van der Waals surface area contributed by atoms with Crippen molar-refractivity contribution in [2.75, 3.05) is 0 Å². The fraction of sp³-hybridized carbons (Fsp3) is 0.100. The van der Waals surface area contributed by atoms with E-state index in [1.807, 2.05) is 0 Å². The van der Waals surface area contributed by atoms with E-state index in [1.165, 1.54) is 18.2 Å². The number of benzene rings is 1. The molecule has 0 aliphatic heterocycles. The molecular formula is C10H5F3N2O2. The van der Waals surface area contributed by atoms with Gasteiger partial charge in [0.1, 0.15) is 0 Å². The Kier molecular flexibility index (Phi) is 2.45. The molecule has 0 N–H and O–H groups in total. The van der Waals surface area contributed by atoms with Crippen LogP contribution in [0.4, 0.5) is 18.9 Å². The van der Waals surface area contributed by atoms with Crippen molar-refractivity contribution in [1.29, 1.82) is 0 Å². The lowest BCUT2D eigenvalue weighted by molar-refractivity contribution is -0.388. The maximum Gasteiger partial charge on any atom is 0.440 e. The Morgan fingerprint density at radius 1 is 1.24 bits per heavy atom. The number of nitro groups is 1. The third-order valence-corrected chi connectivity index (χ3v) is 2.17. The van der Waals surface area contributed by atoms with E-state index in [0.29, 0.717) is 5.39 Å². The molecule has 1 aromatic heterocycles. The van der Waals surface area contributed by atoms with Gasteiger partial charge in [0.2, 0.25) is 5.69 Å². The summed E-state index contributed by atoms with van der Waals surface area (Å²) >= 11 is 0. The van der Waals surface area contributed by atoms with Crippen LogP contribution in [0.15, 0.2) is 30.3 Å². The molecule has 1 heterocycles. The summed E-state index contributed by atoms with van der Waals surface area (Å²) in [5, 5.41) is 10.9. The Balaban J connectivity index is 2.80. The summed E-state index contributed by atoms with van der Waals surface area (Å²) in [6, 6.07) is 6.80. The van der Waals surface area contributed by atoms with E-state index in [0.717, 1.165) is 6.07 Å². The maximum absolute atomic E-state index is 12.6. The zero-order valence-corrected chi connectivity index (χ0v) is 8.23. The smallest absolute Gasteiger partial charge is 0.258 e. The van der Waals surface area contributed by atoms with Crippen molar-refractivity contribution in [1.82, 2.24) is 4.98 Å². The van der Waals surface area contributed by atoms with E-state index in [4.69, 9.17) is 0 Å². The van der Waals surface area contributed by atoms with Gasteiger partial charge in [-0.25, -0.2) is 4.98 Å². The zero-order valence-electron chi connectivity index (χ0n) is 8.23. The molecule has 0 amide bonds. The molecule has 0 fully saturated rings. The van der Waals surface area contributed by atoms with Crippen LogP contribution in [0.1, 0.15) is 5.69 Å². The van der Waals surface area contributed by atoms with Gasteiger partial charge in [-0.05, 0) is 6.07 Å². The molecule has 0 saturated carbocycles. The molecule has 1 aromatic carbocycles. The SMILES string of the molecule is O=[N+]([O-])c1cc2ccccc2nc1C(F)(F)F. The third-order valence-electron chi connectivity index (χ3n) is 2.17. The number of halogens is 3. The first-order valence-electron chi connectivity index (χ1n) is 4.51. The minimum absolute atomic E-state index is 0.0745. The first-order chi connectivity index (χ1) is 7.89. The van der Waals surface area contributed by atoms with Gasteiger partial charge in [-0.3, -0.25) is 10.1 Å². The average Bonchev–Trinajstić information content (AvgIpc) is 2.26. The van der Waals surface area contributed by atoms with Crippen molar-refractivity contribution >= 4 is 16.6 Å². The molecule has 7 heteroatoms. The molecule has 0 spiro atoms. The quantitative estimate of drug-likeness (QED) is 0.570. The highest BCUT2D eigenvalue weighted by molar-refractivity contribution is 5.81. The number of hydrogen-bond donors (Lipinski definition) is 0. The van der Waals surface area contributed by atoms with Crippen molar-refractivity contribution < 1.29 is 18.1 Å². The van der Waals surface area contributed by atoms with Crippen LogP contribution in [0.3, 0.4) is 0 Å². The normalized spacial score (nSPS) is 11.7. The fourth-order valence-corrected chi connectivity index (χ4v) is 1.45. The molecule has 4 nitrogen and oxygen atoms in total. The van der Waals surface area contributed by atoms with E-state index in [9.17, 15) is 23.3 Å². The van der Waals surface area contributed by atoms with Gasteiger partial charge < -0.3 is 0 Å². The van der Waals surface area contributed by atoms with Gasteiger partial charge in [0.05, 0.1) is 10.4 Å². The number of alkyl halides is 3. The van der Waals surface area contributed by atoms with Gasteiger partial charge in [-0.1, -0.05) is 18.2 Å². The predicted molar refractivity (Wildman–Crippen MR) is 53.4 cm³/mol. The van der Waals surface area contributed by atoms with E-state index >= 15 is 0 Å². The Morgan fingerprint density at radius 2 is 1.88 bits per heavy atom. The standard InChI is InChI=1S/C10H5F3N2O2/c11-10(12,13)9-8(15(16)17)5-6-3-1-2-4-7(6)14-9/h1-5H. The molecule has 0 aliphatic rings. The van der Waals surface area contributed by atoms with Crippen molar-refractivity contribution in [3.63, 3.8) is 0 Å². The van der Waals surface area contributed by atoms with Crippen LogP contribution >= 0.6 is 0 Å². The summed E-state index contributed by atoms with van der Waals surface area (Å²) in [7, 11) is 0. The van der Waals surface area contributed by atoms with Crippen LogP contribution in [0, 0.1) is 10.1 Å². The lowest BCUT2D eigenvalue weighted by atomic mass is 10.1. The molecule has 88 valence electrons. The highest BCUT2D eigenvalue weighted by atomic mass is 19.4. The first-order valence-corrected chi connectivity index (χ1v) is 4.51. The fourth-order valence-electron chi connectivity index (χ4n) is 1.45. The summed E-state index contributed by atoms with van der Waals surface area (Å²) < 4.78 is 37.7. The highest BCUT2D eigenvalue weighted by Gasteiger charge is 2.40. The topological polar surface area (TPSA) is 56.0 Å². The number of hydrogen-bond acceptors (Lipinski definition) is 3. The van der Waals surface area contributed by atoms with E-state index in [1.54, 1.807) is 6.07 Å². The first kappa shape index (κ1) is 11.3. The predicted octanol–water partition coefficient (Wildman–Crippen LogP) is 3.16. The van der Waals surface area contributed by atoms with E-state index < -0.39 is 22.5 Å². The summed E-state index contributed by atoms with van der Waals surface area (Å²) in [5.41, 5.74) is -2.43. The zero-order chi connectivity index (χ0) is 12.6. The van der Waals surface area contributed by atoms with E-state index in [-0.39, 0.29) is 5.52 Å². The van der Waals surface area contributed by atoms with Crippen LogP contribution in [0.2, 0.25) is 0 Å². The Hall–Kier alpha value is -2.18. The van der Waals surface area contributed by atoms with Gasteiger partial charge in [-0.2, -0.15) is 13.2 Å². The third kappa shape index (κ3) is 2.03. The van der Waals surface area contributed by atoms with Crippen molar-refractivity contribution in [3.8, 4) is 0 Å². The van der Waals surface area contributed by atoms with Crippen LogP contribution in [0.5, 0.6) is 0 Å². The Labute approximate surface area is 92.8 Å². The van der Waals surface area contributed by atoms with Crippen molar-refractivity contribution in [3.05, 3.63) is 46.1 Å². The second-order valence-electron chi connectivity index (χ2n) is 3.30. The Bertz CT molecular complexity index is 596. The largest absolute Gasteiger partial charge is 0.440 e. The number of aromatic nitrogens is 1. The number of pyridine rings is 1. The molecule has 0 atom stereocenters. The van der Waals surface area contributed by atoms with E-state index in [2.05, 4.69) is 4.98 Å². The lowest BCUT2D eigenvalue weighted by Gasteiger charge is -2.07. The summed E-state index contributed by atoms with van der Waals surface area (Å²) in [6.45, 7) is 0. The molecule has 0 radical (unpaired) electrons. The second kappa shape index (κ2) is 3.69. The lowest BCUT2D eigenvalue weighted by Crippen LogP contribution is -2.11. The minimum atomic E-state index is -4.84. The summed E-state index contributed by atoms with van der Waals surface area (Å²) in [6.07, 6.45) is -4.84. The molecule has 2 aromatic rings. The molecule has 0 bridgehead atoms. The molecule has 0 saturated heterocycles. The average molecular weight is 242 g/mol. The second-order valence-corrected chi connectivity index (χ2v) is 3.30. The number of nitrogens with zero attached hydrogens (tertiary/aromatic N) is 2. The molecule has 0 aliphatic carbocycles. The summed E-state index contributed by atoms with van der Waals surface area (Å²) in [5.74, 6) is 0. The van der Waals surface area contributed by atoms with Crippen molar-refractivity contribution in [2.45, 2.75) is 6.18 Å². The monoisotopic (exact) mass is 242 g/mol. The van der Waals surface area contributed by atoms with Crippen LogP contribution in [-0.4, -0.2) is 9.91 Å². The van der Waals surface area contributed by atoms with Gasteiger partial charge >= 0.3 is 11.9 Å². The van der Waals surface area contributed by atoms with Gasteiger partial charge in [0.25, 0.3) is 0 Å². The summed E-state index contributed by atoms with van der Waals surface area (Å²) in [4.78, 5) is 12.8. The number of rotatable bonds is 1. The molecule has 17 heavy (non-hydrogen) atoms. The highest BCUT2D eigenvalue weighted by Crippen LogP contribution is 2.36. The minimum Gasteiger partial charge on any atom is -0.258 e. The maximum atomic E-state index is 12.6. The number of fused-ring (bicyclic) bond motifs is 1. The van der Waals surface area contributed by atoms with Gasteiger partial charge in [-0.15, -0.1) is 0 Å². The van der Waals surface area contributed by atoms with Gasteiger partial charge in [0, 0.05) is 11.5 Å². The van der Waals surface area contributed by atoms with Crippen LogP contribution in [-0.2, 0) is 6.18 Å². The van der Waals surface area contributed by atoms with Crippen LogP contribution in [0.25, 0.3) is 10.9 Å². The van der Waals surface area contributed by atoms with Crippen molar-refractivity contribution in [2.24, 2.45) is 0 Å². The molecule has 2 rings (SSSR count). The van der Waals surface area contributed by atoms with Crippen LogP contribution < -0.4 is 0 Å². The Morgan fingerprint density at radius 3 is 2.47 bits per heavy atom. The molecule has 0 unspecified atom stereocenters. The molecular weight excluding hydrogens is 237 g/mol. The number of para-hydroxylation sites is 1. The van der Waals surface area contributed by atoms with Gasteiger partial charge in [0.15, 0.2) is 0 Å².